The molecule has 0 radical (unpaired) electrons. The van der Waals surface area contributed by atoms with Crippen molar-refractivity contribution in [3.05, 3.63) is 280 Å². The predicted octanol–water partition coefficient (Wildman–Crippen LogP) is 15.4. The Morgan fingerprint density at radius 1 is 0.471 bits per heavy atom. The zero-order chi connectivity index (χ0) is 47.1. The van der Waals surface area contributed by atoms with Gasteiger partial charge in [0.15, 0.2) is 5.84 Å². The topological polar surface area (TPSA) is 50.0 Å². The molecule has 0 aliphatic heterocycles. The van der Waals surface area contributed by atoms with Gasteiger partial charge in [0.05, 0.1) is 24.2 Å². The zero-order valence-corrected chi connectivity index (χ0v) is 39.4. The largest absolute Gasteiger partial charge is 0.296 e. The first kappa shape index (κ1) is 46.4. The molecular formula is C64H58N4. The van der Waals surface area contributed by atoms with Crippen LogP contribution in [-0.4, -0.2) is 24.3 Å². The number of benzene rings is 8. The average molecular weight is 883 g/mol. The molecule has 1 unspecified atom stereocenters. The van der Waals surface area contributed by atoms with Crippen LogP contribution in [0.5, 0.6) is 0 Å². The van der Waals surface area contributed by atoms with Crippen LogP contribution in [0.2, 0.25) is 0 Å². The van der Waals surface area contributed by atoms with Crippen LogP contribution in [0.1, 0.15) is 69.6 Å². The van der Waals surface area contributed by atoms with E-state index in [2.05, 4.69) is 250 Å². The highest BCUT2D eigenvalue weighted by atomic mass is 14.9. The fourth-order valence-electron chi connectivity index (χ4n) is 9.00. The summed E-state index contributed by atoms with van der Waals surface area (Å²) in [5.74, 6) is 0.648. The Morgan fingerprint density at radius 3 is 1.68 bits per heavy atom. The molecule has 0 saturated heterocycles. The van der Waals surface area contributed by atoms with Crippen LogP contribution >= 0.6 is 0 Å². The summed E-state index contributed by atoms with van der Waals surface area (Å²) in [6.45, 7) is 15.0. The van der Waals surface area contributed by atoms with E-state index in [0.717, 1.165) is 52.9 Å². The van der Waals surface area contributed by atoms with Gasteiger partial charge in [-0.2, -0.15) is 0 Å². The van der Waals surface area contributed by atoms with Gasteiger partial charge in [-0.05, 0) is 136 Å². The second kappa shape index (κ2) is 22.4. The summed E-state index contributed by atoms with van der Waals surface area (Å²) in [4.78, 5) is 17.9. The monoisotopic (exact) mass is 882 g/mol. The van der Waals surface area contributed by atoms with Gasteiger partial charge in [0.1, 0.15) is 0 Å². The highest BCUT2D eigenvalue weighted by Gasteiger charge is 2.47. The molecule has 0 amide bonds. The third-order valence-electron chi connectivity index (χ3n) is 12.6. The molecule has 10 rings (SSSR count). The Balaban J connectivity index is 0.000000289. The molecule has 4 nitrogen and oxygen atoms in total. The predicted molar refractivity (Wildman–Crippen MR) is 288 cm³/mol. The Morgan fingerprint density at radius 2 is 1.03 bits per heavy atom. The van der Waals surface area contributed by atoms with Crippen molar-refractivity contribution >= 4 is 19.3 Å². The number of rotatable bonds is 11. The van der Waals surface area contributed by atoms with Gasteiger partial charge >= 0.3 is 0 Å². The van der Waals surface area contributed by atoms with Gasteiger partial charge in [-0.15, -0.1) is 0 Å². The van der Waals surface area contributed by atoms with Crippen molar-refractivity contribution in [2.24, 2.45) is 15.0 Å². The van der Waals surface area contributed by atoms with Crippen molar-refractivity contribution in [2.75, 3.05) is 0 Å². The number of hydrogen-bond donors (Lipinski definition) is 0. The van der Waals surface area contributed by atoms with E-state index in [9.17, 15) is 0 Å². The molecule has 4 heteroatoms. The van der Waals surface area contributed by atoms with Crippen LogP contribution in [-0.2, 0) is 31.3 Å². The van der Waals surface area contributed by atoms with E-state index in [0.29, 0.717) is 12.4 Å². The highest BCUT2D eigenvalue weighted by Crippen LogP contribution is 2.56. The molecule has 68 heavy (non-hydrogen) atoms. The zero-order valence-electron chi connectivity index (χ0n) is 39.4. The van der Waals surface area contributed by atoms with E-state index in [4.69, 9.17) is 9.98 Å². The number of pyridine rings is 1. The normalized spacial score (nSPS) is 13.4. The lowest BCUT2D eigenvalue weighted by Gasteiger charge is -2.32. The van der Waals surface area contributed by atoms with Crippen molar-refractivity contribution < 1.29 is 0 Å². The van der Waals surface area contributed by atoms with Crippen molar-refractivity contribution in [2.45, 2.75) is 52.1 Å². The molecule has 8 aromatic carbocycles. The van der Waals surface area contributed by atoms with Crippen LogP contribution in [0.25, 0.3) is 33.4 Å². The van der Waals surface area contributed by atoms with E-state index in [1.54, 1.807) is 0 Å². The highest BCUT2D eigenvalue weighted by molar-refractivity contribution is 6.02. The third-order valence-corrected chi connectivity index (χ3v) is 12.6. The van der Waals surface area contributed by atoms with Gasteiger partial charge in [0.25, 0.3) is 0 Å². The number of fused-ring (bicyclic) bond motifs is 3. The van der Waals surface area contributed by atoms with Crippen LogP contribution in [0.4, 0.5) is 0 Å². The minimum absolute atomic E-state index is 0.507. The van der Waals surface area contributed by atoms with Crippen LogP contribution in [0, 0.1) is 6.92 Å². The molecule has 1 aromatic heterocycles. The molecule has 1 heterocycles. The molecule has 0 N–H and O–H groups in total. The Bertz CT molecular complexity index is 3060. The van der Waals surface area contributed by atoms with Gasteiger partial charge < -0.3 is 0 Å². The smallest absolute Gasteiger partial charge is 0.154 e. The Hall–Kier alpha value is -8.08. The van der Waals surface area contributed by atoms with E-state index >= 15 is 0 Å². The minimum Gasteiger partial charge on any atom is -0.296 e. The molecule has 0 spiro atoms. The summed E-state index contributed by atoms with van der Waals surface area (Å²) >= 11 is 0. The van der Waals surface area contributed by atoms with E-state index in [1.165, 1.54) is 55.6 Å². The average Bonchev–Trinajstić information content (AvgIpc) is 3.71. The molecule has 1 aliphatic carbocycles. The SMILES string of the molecule is C=NC(=NCc1ccc(CC)cc1)c1cccc(-c2cccc(-c3ccc4c(c3)-c3ccccc3C4(c3ccccc3)c3ccccn3)c2)c1.C=NCc1ccc(C)cc1.CCc1ccccc1. The summed E-state index contributed by atoms with van der Waals surface area (Å²) < 4.78 is 0. The number of nitrogens with zero attached hydrogens (tertiary/aromatic N) is 4. The summed E-state index contributed by atoms with van der Waals surface area (Å²) in [5.41, 5.74) is 18.7. The fourth-order valence-corrected chi connectivity index (χ4v) is 9.00. The summed E-state index contributed by atoms with van der Waals surface area (Å²) in [5, 5.41) is 0. The maximum atomic E-state index is 4.97. The number of amidine groups is 1. The van der Waals surface area contributed by atoms with Crippen molar-refractivity contribution in [1.82, 2.24) is 4.98 Å². The Kier molecular flexibility index (Phi) is 15.3. The van der Waals surface area contributed by atoms with Crippen molar-refractivity contribution in [3.63, 3.8) is 0 Å². The summed E-state index contributed by atoms with van der Waals surface area (Å²) in [6, 6.07) is 77.4. The van der Waals surface area contributed by atoms with E-state index in [1.807, 2.05) is 18.3 Å². The van der Waals surface area contributed by atoms with Crippen LogP contribution in [0.15, 0.2) is 240 Å². The number of hydrogen-bond acceptors (Lipinski definition) is 3. The lowest BCUT2D eigenvalue weighted by atomic mass is 9.69. The second-order valence-corrected chi connectivity index (χ2v) is 17.0. The van der Waals surface area contributed by atoms with Crippen LogP contribution in [0.3, 0.4) is 0 Å². The lowest BCUT2D eigenvalue weighted by Crippen LogP contribution is -2.29. The molecule has 1 aliphatic rings. The van der Waals surface area contributed by atoms with Gasteiger partial charge in [-0.25, -0.2) is 4.99 Å². The maximum absolute atomic E-state index is 4.97. The maximum Gasteiger partial charge on any atom is 0.154 e. The van der Waals surface area contributed by atoms with Crippen molar-refractivity contribution in [1.29, 1.82) is 0 Å². The van der Waals surface area contributed by atoms with Crippen LogP contribution < -0.4 is 0 Å². The molecule has 1 atom stereocenters. The lowest BCUT2D eigenvalue weighted by molar-refractivity contribution is 0.735. The number of aromatic nitrogens is 1. The van der Waals surface area contributed by atoms with E-state index < -0.39 is 5.41 Å². The summed E-state index contributed by atoms with van der Waals surface area (Å²) in [6.07, 6.45) is 4.07. The second-order valence-electron chi connectivity index (χ2n) is 17.0. The molecule has 9 aromatic rings. The first-order valence-electron chi connectivity index (χ1n) is 23.5. The molecule has 0 saturated carbocycles. The molecule has 334 valence electrons. The molecule has 0 bridgehead atoms. The quantitative estimate of drug-likeness (QED) is 0.0943. The fraction of sp³-hybridized carbons (Fsp3) is 0.125. The minimum atomic E-state index is -0.507. The van der Waals surface area contributed by atoms with Crippen molar-refractivity contribution in [3.8, 4) is 33.4 Å². The third kappa shape index (κ3) is 10.5. The molecular weight excluding hydrogens is 825 g/mol. The van der Waals surface area contributed by atoms with E-state index in [-0.39, 0.29) is 0 Å². The first-order valence-corrected chi connectivity index (χ1v) is 23.5. The van der Waals surface area contributed by atoms with Gasteiger partial charge in [-0.3, -0.25) is 15.0 Å². The number of aliphatic imine (C=N–C) groups is 3. The first-order chi connectivity index (χ1) is 33.4. The molecule has 0 fully saturated rings. The summed E-state index contributed by atoms with van der Waals surface area (Å²) in [7, 11) is 0. The standard InChI is InChI=1S/C47H37N3.C9H11N.C8H10/c1-3-33-22-24-34(25-23-33)32-50-46(48-2)39-16-12-15-37(30-39)35-13-11-14-36(29-35)38-26-27-44-42(31-38)41-19-7-8-20-43(41)47(44,40-17-5-4-6-18-40)45-21-9-10-28-49-45;1-8-3-5-9(6-4-8)7-10-2;1-2-8-6-4-3-5-7-8/h4-31H,2-3,32H2,1H3;3-6H,2,7H2,1H3;3-7H,2H2,1H3. The van der Waals surface area contributed by atoms with Gasteiger partial charge in [0.2, 0.25) is 0 Å². The van der Waals surface area contributed by atoms with Gasteiger partial charge in [-0.1, -0.05) is 207 Å². The van der Waals surface area contributed by atoms with Gasteiger partial charge in [0, 0.05) is 11.8 Å². The Labute approximate surface area is 403 Å². The number of aryl methyl sites for hydroxylation is 3.